The van der Waals surface area contributed by atoms with Gasteiger partial charge in [0.15, 0.2) is 0 Å². The molecule has 0 aliphatic heterocycles. The number of hydrogen-bond donors (Lipinski definition) is 1. The van der Waals surface area contributed by atoms with Crippen molar-refractivity contribution in [3.8, 4) is 0 Å². The van der Waals surface area contributed by atoms with Crippen molar-refractivity contribution in [1.29, 1.82) is 0 Å². The first-order valence-corrected chi connectivity index (χ1v) is 6.04. The molecule has 0 saturated heterocycles. The molecule has 0 bridgehead atoms. The number of benzene rings is 1. The monoisotopic (exact) mass is 233 g/mol. The molecule has 0 saturated carbocycles. The van der Waals surface area contributed by atoms with Crippen molar-refractivity contribution in [1.82, 2.24) is 0 Å². The summed E-state index contributed by atoms with van der Waals surface area (Å²) >= 11 is 7.45. The zero-order valence-corrected chi connectivity index (χ0v) is 9.59. The molecule has 4 heteroatoms. The Labute approximate surface area is 93.0 Å². The van der Waals surface area contributed by atoms with Crippen molar-refractivity contribution in [2.24, 2.45) is 0 Å². The predicted molar refractivity (Wildman–Crippen MR) is 62.9 cm³/mol. The quantitative estimate of drug-likeness (QED) is 0.780. The number of thioether (sulfide) groups is 1. The lowest BCUT2D eigenvalue weighted by Crippen LogP contribution is -2.05. The first-order valence-electron chi connectivity index (χ1n) is 4.50. The first-order chi connectivity index (χ1) is 6.74. The number of rotatable bonds is 5. The first kappa shape index (κ1) is 11.7. The minimum Gasteiger partial charge on any atom is -0.382 e. The van der Waals surface area contributed by atoms with E-state index in [9.17, 15) is 4.39 Å². The van der Waals surface area contributed by atoms with Crippen LogP contribution in [0.3, 0.4) is 0 Å². The summed E-state index contributed by atoms with van der Waals surface area (Å²) in [5.41, 5.74) is 0.520. The summed E-state index contributed by atoms with van der Waals surface area (Å²) in [6.07, 6.45) is 0. The van der Waals surface area contributed by atoms with Gasteiger partial charge in [0.2, 0.25) is 0 Å². The Bertz CT molecular complexity index is 293. The lowest BCUT2D eigenvalue weighted by atomic mass is 10.3. The standard InChI is InChI=1S/C10H13ClFNS/c1-2-14-6-5-13-10-4-3-8(11)7-9(10)12/h3-4,7,13H,2,5-6H2,1H3. The fourth-order valence-corrected chi connectivity index (χ4v) is 1.73. The van der Waals surface area contributed by atoms with E-state index >= 15 is 0 Å². The van der Waals surface area contributed by atoms with Crippen LogP contribution in [0, 0.1) is 5.82 Å². The van der Waals surface area contributed by atoms with E-state index < -0.39 is 0 Å². The minimum atomic E-state index is -0.293. The third kappa shape index (κ3) is 3.76. The van der Waals surface area contributed by atoms with Crippen molar-refractivity contribution >= 4 is 29.1 Å². The van der Waals surface area contributed by atoms with Crippen LogP contribution in [-0.4, -0.2) is 18.1 Å². The lowest BCUT2D eigenvalue weighted by molar-refractivity contribution is 0.630. The molecule has 1 nitrogen and oxygen atoms in total. The molecule has 78 valence electrons. The third-order valence-electron chi connectivity index (χ3n) is 1.70. The van der Waals surface area contributed by atoms with E-state index in [4.69, 9.17) is 11.6 Å². The Hall–Kier alpha value is -0.410. The largest absolute Gasteiger partial charge is 0.382 e. The minimum absolute atomic E-state index is 0.293. The highest BCUT2D eigenvalue weighted by Gasteiger charge is 2.00. The van der Waals surface area contributed by atoms with Gasteiger partial charge in [0.25, 0.3) is 0 Å². The van der Waals surface area contributed by atoms with Gasteiger partial charge in [-0.05, 0) is 24.0 Å². The van der Waals surface area contributed by atoms with E-state index in [-0.39, 0.29) is 5.82 Å². The Morgan fingerprint density at radius 3 is 2.93 bits per heavy atom. The fraction of sp³-hybridized carbons (Fsp3) is 0.400. The molecule has 0 heterocycles. The predicted octanol–water partition coefficient (Wildman–Crippen LogP) is 3.64. The summed E-state index contributed by atoms with van der Waals surface area (Å²) < 4.78 is 13.2. The van der Waals surface area contributed by atoms with Crippen LogP contribution in [0.1, 0.15) is 6.92 Å². The molecule has 0 radical (unpaired) electrons. The van der Waals surface area contributed by atoms with Crippen LogP contribution in [0.25, 0.3) is 0 Å². The fourth-order valence-electron chi connectivity index (χ4n) is 1.04. The van der Waals surface area contributed by atoms with E-state index in [1.165, 1.54) is 6.07 Å². The van der Waals surface area contributed by atoms with E-state index in [0.29, 0.717) is 10.7 Å². The molecule has 0 aliphatic carbocycles. The Balaban J connectivity index is 2.42. The van der Waals surface area contributed by atoms with Gasteiger partial charge in [0.05, 0.1) is 5.69 Å². The average molecular weight is 234 g/mol. The molecule has 0 amide bonds. The van der Waals surface area contributed by atoms with Crippen molar-refractivity contribution in [3.63, 3.8) is 0 Å². The number of hydrogen-bond acceptors (Lipinski definition) is 2. The van der Waals surface area contributed by atoms with E-state index in [2.05, 4.69) is 12.2 Å². The summed E-state index contributed by atoms with van der Waals surface area (Å²) in [7, 11) is 0. The smallest absolute Gasteiger partial charge is 0.147 e. The van der Waals surface area contributed by atoms with Crippen molar-refractivity contribution in [2.45, 2.75) is 6.92 Å². The van der Waals surface area contributed by atoms with Crippen LogP contribution in [0.15, 0.2) is 18.2 Å². The highest BCUT2D eigenvalue weighted by atomic mass is 35.5. The third-order valence-corrected chi connectivity index (χ3v) is 2.83. The normalized spacial score (nSPS) is 10.2. The van der Waals surface area contributed by atoms with Gasteiger partial charge in [-0.25, -0.2) is 4.39 Å². The summed E-state index contributed by atoms with van der Waals surface area (Å²) in [5, 5.41) is 3.45. The molecule has 0 aromatic heterocycles. The van der Waals surface area contributed by atoms with Crippen LogP contribution >= 0.6 is 23.4 Å². The Morgan fingerprint density at radius 1 is 1.50 bits per heavy atom. The second-order valence-corrected chi connectivity index (χ2v) is 4.58. The molecule has 14 heavy (non-hydrogen) atoms. The molecule has 0 fully saturated rings. The molecule has 0 unspecified atom stereocenters. The number of nitrogens with one attached hydrogen (secondary N) is 1. The summed E-state index contributed by atoms with van der Waals surface area (Å²) in [6, 6.07) is 4.66. The van der Waals surface area contributed by atoms with Gasteiger partial charge < -0.3 is 5.32 Å². The Kier molecular flexibility index (Phi) is 5.12. The average Bonchev–Trinajstić information content (AvgIpc) is 2.15. The van der Waals surface area contributed by atoms with E-state index in [0.717, 1.165) is 18.1 Å². The van der Waals surface area contributed by atoms with Gasteiger partial charge in [0.1, 0.15) is 5.82 Å². The molecule has 1 aromatic rings. The zero-order chi connectivity index (χ0) is 10.4. The van der Waals surface area contributed by atoms with E-state index in [1.54, 1.807) is 12.1 Å². The van der Waals surface area contributed by atoms with Gasteiger partial charge in [-0.2, -0.15) is 11.8 Å². The summed E-state index contributed by atoms with van der Waals surface area (Å²) in [5.74, 6) is 1.78. The van der Waals surface area contributed by atoms with Gasteiger partial charge in [0, 0.05) is 17.3 Å². The lowest BCUT2D eigenvalue weighted by Gasteiger charge is -2.06. The number of anilines is 1. The van der Waals surface area contributed by atoms with Gasteiger partial charge in [-0.3, -0.25) is 0 Å². The van der Waals surface area contributed by atoms with Crippen LogP contribution in [0.2, 0.25) is 5.02 Å². The maximum absolute atomic E-state index is 13.2. The topological polar surface area (TPSA) is 12.0 Å². The van der Waals surface area contributed by atoms with Crippen molar-refractivity contribution < 1.29 is 4.39 Å². The molecule has 0 aliphatic rings. The molecular weight excluding hydrogens is 221 g/mol. The molecule has 0 spiro atoms. The van der Waals surface area contributed by atoms with Crippen molar-refractivity contribution in [2.75, 3.05) is 23.4 Å². The molecular formula is C10H13ClFNS. The summed E-state index contributed by atoms with van der Waals surface area (Å²) in [6.45, 7) is 2.88. The molecule has 1 rings (SSSR count). The zero-order valence-electron chi connectivity index (χ0n) is 8.02. The van der Waals surface area contributed by atoms with Crippen molar-refractivity contribution in [3.05, 3.63) is 29.0 Å². The van der Waals surface area contributed by atoms with Crippen LogP contribution < -0.4 is 5.32 Å². The molecule has 0 atom stereocenters. The molecule has 1 aromatic carbocycles. The van der Waals surface area contributed by atoms with Gasteiger partial charge in [-0.1, -0.05) is 18.5 Å². The van der Waals surface area contributed by atoms with Crippen LogP contribution in [-0.2, 0) is 0 Å². The Morgan fingerprint density at radius 2 is 2.29 bits per heavy atom. The highest BCUT2D eigenvalue weighted by molar-refractivity contribution is 7.99. The maximum Gasteiger partial charge on any atom is 0.147 e. The molecule has 1 N–H and O–H groups in total. The second-order valence-electron chi connectivity index (χ2n) is 2.75. The SMILES string of the molecule is CCSCCNc1ccc(Cl)cc1F. The highest BCUT2D eigenvalue weighted by Crippen LogP contribution is 2.18. The van der Waals surface area contributed by atoms with E-state index in [1.807, 2.05) is 11.8 Å². The number of halogens is 2. The summed E-state index contributed by atoms with van der Waals surface area (Å²) in [4.78, 5) is 0. The van der Waals surface area contributed by atoms with Crippen LogP contribution in [0.5, 0.6) is 0 Å². The van der Waals surface area contributed by atoms with Gasteiger partial charge in [-0.15, -0.1) is 0 Å². The van der Waals surface area contributed by atoms with Gasteiger partial charge >= 0.3 is 0 Å². The maximum atomic E-state index is 13.2. The van der Waals surface area contributed by atoms with Crippen LogP contribution in [0.4, 0.5) is 10.1 Å². The second kappa shape index (κ2) is 6.14.